The molecular weight excluding hydrogens is 462 g/mol. The van der Waals surface area contributed by atoms with Gasteiger partial charge in [-0.1, -0.05) is 61.6 Å². The van der Waals surface area contributed by atoms with Gasteiger partial charge in [0, 0.05) is 21.7 Å². The molecule has 1 aromatic carbocycles. The van der Waals surface area contributed by atoms with Crippen LogP contribution in [0.2, 0.25) is 15.1 Å². The van der Waals surface area contributed by atoms with E-state index in [1.807, 2.05) is 20.8 Å². The second-order valence-corrected chi connectivity index (χ2v) is 8.82. The Kier molecular flexibility index (Phi) is 5.93. The van der Waals surface area contributed by atoms with Gasteiger partial charge in [-0.25, -0.2) is 4.98 Å². The molecule has 3 rings (SSSR count). The minimum Gasteiger partial charge on any atom is -0.267 e. The number of halogens is 6. The minimum atomic E-state index is -4.61. The van der Waals surface area contributed by atoms with Crippen LogP contribution < -0.4 is 5.01 Å². The van der Waals surface area contributed by atoms with Crippen molar-refractivity contribution in [2.24, 2.45) is 10.5 Å². The van der Waals surface area contributed by atoms with E-state index < -0.39 is 23.1 Å². The van der Waals surface area contributed by atoms with E-state index in [-0.39, 0.29) is 16.4 Å². The van der Waals surface area contributed by atoms with Gasteiger partial charge < -0.3 is 0 Å². The number of carbonyl (C=O) groups excluding carboxylic acids is 1. The highest BCUT2D eigenvalue weighted by molar-refractivity contribution is 6.38. The summed E-state index contributed by atoms with van der Waals surface area (Å²) in [5.41, 5.74) is -0.407. The third kappa shape index (κ3) is 4.48. The van der Waals surface area contributed by atoms with Crippen molar-refractivity contribution in [3.63, 3.8) is 0 Å². The average molecular weight is 477 g/mol. The molecule has 0 spiro atoms. The molecule has 158 valence electrons. The molecule has 0 atom stereocenters. The minimum absolute atomic E-state index is 0.193. The van der Waals surface area contributed by atoms with Gasteiger partial charge in [-0.15, -0.1) is 0 Å². The molecule has 0 radical (unpaired) electrons. The van der Waals surface area contributed by atoms with E-state index >= 15 is 0 Å². The zero-order valence-electron chi connectivity index (χ0n) is 16.0. The summed E-state index contributed by atoms with van der Waals surface area (Å²) in [6.07, 6.45) is -2.44. The predicted molar refractivity (Wildman–Crippen MR) is 113 cm³/mol. The number of benzene rings is 1. The van der Waals surface area contributed by atoms with Gasteiger partial charge >= 0.3 is 6.18 Å². The SMILES string of the molecule is CC(C)(C)C1=NN(c2ncc(C(F)(F)F)cc2Cl)C(=O)/C1=C\c1ccc(Cl)cc1Cl. The standard InChI is InChI=1S/C20H15Cl3F3N3O/c1-19(2,3)16-13(6-10-4-5-12(21)8-14(10)22)18(30)29(28-16)17-15(23)7-11(9-27-17)20(24,25)26/h4-9H,1-3H3/b13-6-. The first-order chi connectivity index (χ1) is 13.8. The van der Waals surface area contributed by atoms with Crippen LogP contribution in [-0.4, -0.2) is 16.6 Å². The number of amides is 1. The van der Waals surface area contributed by atoms with E-state index in [4.69, 9.17) is 34.8 Å². The second-order valence-electron chi connectivity index (χ2n) is 7.57. The fourth-order valence-corrected chi connectivity index (χ4v) is 3.47. The molecule has 2 aromatic rings. The van der Waals surface area contributed by atoms with Crippen molar-refractivity contribution in [2.45, 2.75) is 26.9 Å². The lowest BCUT2D eigenvalue weighted by Crippen LogP contribution is -2.24. The fourth-order valence-electron chi connectivity index (χ4n) is 2.76. The maximum Gasteiger partial charge on any atom is 0.417 e. The summed E-state index contributed by atoms with van der Waals surface area (Å²) >= 11 is 18.2. The number of hydrazone groups is 1. The van der Waals surface area contributed by atoms with Gasteiger partial charge in [-0.3, -0.25) is 4.79 Å². The first kappa shape index (κ1) is 22.6. The molecule has 0 N–H and O–H groups in total. The highest BCUT2D eigenvalue weighted by Gasteiger charge is 2.39. The molecule has 0 fully saturated rings. The number of anilines is 1. The molecule has 0 saturated carbocycles. The zero-order valence-corrected chi connectivity index (χ0v) is 18.2. The first-order valence-corrected chi connectivity index (χ1v) is 9.76. The predicted octanol–water partition coefficient (Wildman–Crippen LogP) is 6.89. The molecule has 1 amide bonds. The number of nitrogens with zero attached hydrogens (tertiary/aromatic N) is 3. The highest BCUT2D eigenvalue weighted by atomic mass is 35.5. The Bertz CT molecular complexity index is 1090. The lowest BCUT2D eigenvalue weighted by Gasteiger charge is -2.18. The van der Waals surface area contributed by atoms with E-state index in [9.17, 15) is 18.0 Å². The van der Waals surface area contributed by atoms with Crippen molar-refractivity contribution in [3.8, 4) is 0 Å². The molecule has 0 bridgehead atoms. The van der Waals surface area contributed by atoms with Crippen molar-refractivity contribution >= 4 is 58.3 Å². The Hall–Kier alpha value is -2.09. The smallest absolute Gasteiger partial charge is 0.267 e. The van der Waals surface area contributed by atoms with Crippen LogP contribution in [0, 0.1) is 5.41 Å². The summed E-state index contributed by atoms with van der Waals surface area (Å²) in [5.74, 6) is -0.776. The molecular formula is C20H15Cl3F3N3O. The van der Waals surface area contributed by atoms with E-state index in [1.54, 1.807) is 18.2 Å². The molecule has 0 saturated heterocycles. The molecule has 1 aliphatic rings. The van der Waals surface area contributed by atoms with Crippen LogP contribution >= 0.6 is 34.8 Å². The molecule has 1 aliphatic heterocycles. The summed E-state index contributed by atoms with van der Waals surface area (Å²) < 4.78 is 38.7. The van der Waals surface area contributed by atoms with Crippen molar-refractivity contribution in [1.82, 2.24) is 4.98 Å². The van der Waals surface area contributed by atoms with Gasteiger partial charge in [0.2, 0.25) is 0 Å². The number of hydrogen-bond acceptors (Lipinski definition) is 3. The lowest BCUT2D eigenvalue weighted by atomic mass is 9.85. The fraction of sp³-hybridized carbons (Fsp3) is 0.250. The molecule has 4 nitrogen and oxygen atoms in total. The highest BCUT2D eigenvalue weighted by Crippen LogP contribution is 2.38. The summed E-state index contributed by atoms with van der Waals surface area (Å²) in [6, 6.07) is 5.52. The van der Waals surface area contributed by atoms with Crippen LogP contribution in [0.15, 0.2) is 41.1 Å². The van der Waals surface area contributed by atoms with Crippen LogP contribution in [0.25, 0.3) is 6.08 Å². The van der Waals surface area contributed by atoms with Crippen molar-refractivity contribution in [3.05, 3.63) is 62.2 Å². The summed E-state index contributed by atoms with van der Waals surface area (Å²) in [7, 11) is 0. The van der Waals surface area contributed by atoms with Gasteiger partial charge in [0.15, 0.2) is 5.82 Å². The number of carbonyl (C=O) groups is 1. The van der Waals surface area contributed by atoms with E-state index in [0.29, 0.717) is 33.6 Å². The zero-order chi connectivity index (χ0) is 22.4. The van der Waals surface area contributed by atoms with Gasteiger partial charge in [0.1, 0.15) is 0 Å². The summed E-state index contributed by atoms with van der Waals surface area (Å²) in [4.78, 5) is 16.9. The second kappa shape index (κ2) is 7.87. The molecule has 30 heavy (non-hydrogen) atoms. The van der Waals surface area contributed by atoms with Crippen LogP contribution in [0.1, 0.15) is 31.9 Å². The maximum atomic E-state index is 13.1. The van der Waals surface area contributed by atoms with Crippen LogP contribution in [0.5, 0.6) is 0 Å². The molecule has 2 heterocycles. The third-order valence-electron chi connectivity index (χ3n) is 4.20. The van der Waals surface area contributed by atoms with E-state index in [1.165, 1.54) is 6.07 Å². The Morgan fingerprint density at radius 1 is 1.03 bits per heavy atom. The van der Waals surface area contributed by atoms with Crippen molar-refractivity contribution in [1.29, 1.82) is 0 Å². The Morgan fingerprint density at radius 3 is 2.23 bits per heavy atom. The number of rotatable bonds is 2. The topological polar surface area (TPSA) is 45.6 Å². The molecule has 10 heteroatoms. The third-order valence-corrected chi connectivity index (χ3v) is 5.04. The van der Waals surface area contributed by atoms with Crippen molar-refractivity contribution < 1.29 is 18.0 Å². The van der Waals surface area contributed by atoms with Gasteiger partial charge in [-0.05, 0) is 29.8 Å². The first-order valence-electron chi connectivity index (χ1n) is 8.62. The van der Waals surface area contributed by atoms with Crippen molar-refractivity contribution in [2.75, 3.05) is 5.01 Å². The number of alkyl halides is 3. The summed E-state index contributed by atoms with van der Waals surface area (Å²) in [5, 5.41) is 5.65. The van der Waals surface area contributed by atoms with Gasteiger partial charge in [0.05, 0.1) is 21.9 Å². The maximum absolute atomic E-state index is 13.1. The normalized spacial score (nSPS) is 16.4. The average Bonchev–Trinajstić information content (AvgIpc) is 2.93. The summed E-state index contributed by atoms with van der Waals surface area (Å²) in [6.45, 7) is 5.55. The van der Waals surface area contributed by atoms with Crippen LogP contribution in [-0.2, 0) is 11.0 Å². The van der Waals surface area contributed by atoms with Crippen LogP contribution in [0.4, 0.5) is 19.0 Å². The van der Waals surface area contributed by atoms with Gasteiger partial charge in [0.25, 0.3) is 5.91 Å². The number of pyridine rings is 1. The Morgan fingerprint density at radius 2 is 1.70 bits per heavy atom. The Balaban J connectivity index is 2.10. The van der Waals surface area contributed by atoms with Crippen LogP contribution in [0.3, 0.4) is 0 Å². The molecule has 1 aromatic heterocycles. The van der Waals surface area contributed by atoms with Gasteiger partial charge in [-0.2, -0.15) is 23.3 Å². The van der Waals surface area contributed by atoms with E-state index in [0.717, 1.165) is 5.01 Å². The Labute approximate surface area is 185 Å². The quantitative estimate of drug-likeness (QED) is 0.443. The van der Waals surface area contributed by atoms with E-state index in [2.05, 4.69) is 10.1 Å². The largest absolute Gasteiger partial charge is 0.417 e. The monoisotopic (exact) mass is 475 g/mol. The molecule has 0 unspecified atom stereocenters. The number of aromatic nitrogens is 1. The molecule has 0 aliphatic carbocycles. The number of hydrogen-bond donors (Lipinski definition) is 0. The lowest BCUT2D eigenvalue weighted by molar-refractivity contribution is -0.137.